The van der Waals surface area contributed by atoms with Crippen LogP contribution in [0.1, 0.15) is 38.2 Å². The smallest absolute Gasteiger partial charge is 0.132 e. The molecule has 0 heterocycles. The van der Waals surface area contributed by atoms with Crippen LogP contribution in [0.5, 0.6) is 5.75 Å². The molecule has 110 valence electrons. The molecule has 0 aliphatic carbocycles. The van der Waals surface area contributed by atoms with Gasteiger partial charge in [-0.15, -0.1) is 0 Å². The normalized spacial score (nSPS) is 10.5. The van der Waals surface area contributed by atoms with Gasteiger partial charge in [-0.3, -0.25) is 4.79 Å². The molecule has 0 atom stereocenters. The van der Waals surface area contributed by atoms with Gasteiger partial charge in [-0.25, -0.2) is 0 Å². The molecule has 0 amide bonds. The first kappa shape index (κ1) is 15.3. The number of carbonyl (C=O) groups is 1. The summed E-state index contributed by atoms with van der Waals surface area (Å²) in [4.78, 5) is 11.2. The van der Waals surface area contributed by atoms with Crippen LogP contribution in [-0.4, -0.2) is 10.9 Å². The van der Waals surface area contributed by atoms with E-state index in [1.807, 2.05) is 19.1 Å². The van der Waals surface area contributed by atoms with Crippen LogP contribution < -0.4 is 0 Å². The Morgan fingerprint density at radius 1 is 0.905 bits per heavy atom. The number of phenols is 1. The number of aromatic hydroxyl groups is 1. The van der Waals surface area contributed by atoms with Gasteiger partial charge in [0.15, 0.2) is 0 Å². The van der Waals surface area contributed by atoms with E-state index >= 15 is 0 Å². The summed E-state index contributed by atoms with van der Waals surface area (Å²) in [5, 5.41) is 9.30. The predicted octanol–water partition coefficient (Wildman–Crippen LogP) is 4.75. The summed E-state index contributed by atoms with van der Waals surface area (Å²) in [7, 11) is 0. The molecule has 0 unspecified atom stereocenters. The van der Waals surface area contributed by atoms with Gasteiger partial charge in [0.1, 0.15) is 11.5 Å². The van der Waals surface area contributed by atoms with Gasteiger partial charge in [0, 0.05) is 12.8 Å². The molecule has 2 heteroatoms. The summed E-state index contributed by atoms with van der Waals surface area (Å²) >= 11 is 0. The molecule has 0 aliphatic heterocycles. The highest BCUT2D eigenvalue weighted by molar-refractivity contribution is 5.77. The van der Waals surface area contributed by atoms with Gasteiger partial charge >= 0.3 is 0 Å². The molecule has 0 bridgehead atoms. The second kappa shape index (κ2) is 7.63. The molecule has 1 N–H and O–H groups in total. The summed E-state index contributed by atoms with van der Waals surface area (Å²) in [5.74, 6) is 0.648. The Kier molecular flexibility index (Phi) is 5.56. The van der Waals surface area contributed by atoms with E-state index in [0.717, 1.165) is 30.4 Å². The van der Waals surface area contributed by atoms with Crippen molar-refractivity contribution >= 4 is 5.78 Å². The zero-order valence-electron chi connectivity index (χ0n) is 12.5. The van der Waals surface area contributed by atoms with Crippen molar-refractivity contribution < 1.29 is 9.90 Å². The Bertz CT molecular complexity index is 568. The Morgan fingerprint density at radius 3 is 2.05 bits per heavy atom. The summed E-state index contributed by atoms with van der Waals surface area (Å²) in [6, 6.07) is 15.7. The van der Waals surface area contributed by atoms with Crippen LogP contribution in [-0.2, 0) is 11.2 Å². The first-order chi connectivity index (χ1) is 10.2. The van der Waals surface area contributed by atoms with E-state index in [-0.39, 0.29) is 5.75 Å². The molecule has 0 saturated heterocycles. The van der Waals surface area contributed by atoms with Crippen LogP contribution in [0.4, 0.5) is 0 Å². The Morgan fingerprint density at radius 2 is 1.48 bits per heavy atom. The number of rotatable bonds is 7. The van der Waals surface area contributed by atoms with Gasteiger partial charge in [-0.1, -0.05) is 43.3 Å². The molecule has 0 fully saturated rings. The maximum absolute atomic E-state index is 11.2. The van der Waals surface area contributed by atoms with Gasteiger partial charge in [0.2, 0.25) is 0 Å². The highest BCUT2D eigenvalue weighted by atomic mass is 16.3. The first-order valence-electron chi connectivity index (χ1n) is 7.59. The zero-order chi connectivity index (χ0) is 15.1. The maximum Gasteiger partial charge on any atom is 0.132 e. The molecule has 0 radical (unpaired) electrons. The van der Waals surface area contributed by atoms with Gasteiger partial charge in [0.05, 0.1) is 0 Å². The van der Waals surface area contributed by atoms with E-state index in [4.69, 9.17) is 0 Å². The lowest BCUT2D eigenvalue weighted by Crippen LogP contribution is -1.95. The molecule has 2 aromatic carbocycles. The van der Waals surface area contributed by atoms with Crippen molar-refractivity contribution in [1.82, 2.24) is 0 Å². The monoisotopic (exact) mass is 282 g/mol. The minimum Gasteiger partial charge on any atom is -0.508 e. The quantitative estimate of drug-likeness (QED) is 0.744. The first-order valence-corrected chi connectivity index (χ1v) is 7.59. The average molecular weight is 282 g/mol. The fraction of sp³-hybridized carbons (Fsp3) is 0.316. The van der Waals surface area contributed by atoms with E-state index in [1.54, 1.807) is 12.1 Å². The lowest BCUT2D eigenvalue weighted by atomic mass is 10.0. The largest absolute Gasteiger partial charge is 0.508 e. The SMILES string of the molecule is CCC(=O)CCCCc1ccc(-c2ccc(O)cc2)cc1. The van der Waals surface area contributed by atoms with E-state index in [2.05, 4.69) is 24.3 Å². The lowest BCUT2D eigenvalue weighted by Gasteiger charge is -2.05. The fourth-order valence-electron chi connectivity index (χ4n) is 2.35. The molecule has 0 saturated carbocycles. The molecule has 2 aromatic rings. The number of ketones is 1. The lowest BCUT2D eigenvalue weighted by molar-refractivity contribution is -0.118. The molecule has 2 nitrogen and oxygen atoms in total. The van der Waals surface area contributed by atoms with Crippen LogP contribution >= 0.6 is 0 Å². The summed E-state index contributed by atoms with van der Waals surface area (Å²) < 4.78 is 0. The molecule has 0 aliphatic rings. The molecule has 21 heavy (non-hydrogen) atoms. The van der Waals surface area contributed by atoms with Gasteiger partial charge in [0.25, 0.3) is 0 Å². The molecule has 0 aromatic heterocycles. The summed E-state index contributed by atoms with van der Waals surface area (Å²) in [6.45, 7) is 1.92. The predicted molar refractivity (Wildman–Crippen MR) is 86.4 cm³/mol. The zero-order valence-corrected chi connectivity index (χ0v) is 12.5. The van der Waals surface area contributed by atoms with E-state index in [0.29, 0.717) is 18.6 Å². The second-order valence-corrected chi connectivity index (χ2v) is 5.34. The number of benzene rings is 2. The van der Waals surface area contributed by atoms with Crippen molar-refractivity contribution in [2.75, 3.05) is 0 Å². The third kappa shape index (κ3) is 4.75. The van der Waals surface area contributed by atoms with E-state index in [1.165, 1.54) is 5.56 Å². The standard InChI is InChI=1S/C19H22O2/c1-2-18(20)6-4-3-5-15-7-9-16(10-8-15)17-11-13-19(21)14-12-17/h7-14,21H,2-6H2,1H3. The number of phenolic OH excluding ortho intramolecular Hbond substituents is 1. The second-order valence-electron chi connectivity index (χ2n) is 5.34. The number of carbonyl (C=O) groups excluding carboxylic acids is 1. The number of hydrogen-bond acceptors (Lipinski definition) is 2. The molecular formula is C19H22O2. The third-order valence-electron chi connectivity index (χ3n) is 3.72. The molecule has 0 spiro atoms. The number of unbranched alkanes of at least 4 members (excludes halogenated alkanes) is 1. The van der Waals surface area contributed by atoms with Gasteiger partial charge in [-0.05, 0) is 48.1 Å². The van der Waals surface area contributed by atoms with Crippen LogP contribution in [0.15, 0.2) is 48.5 Å². The minimum atomic E-state index is 0.289. The highest BCUT2D eigenvalue weighted by Gasteiger charge is 2.01. The average Bonchev–Trinajstić information content (AvgIpc) is 2.52. The summed E-state index contributed by atoms with van der Waals surface area (Å²) in [6.07, 6.45) is 4.42. The molecule has 2 rings (SSSR count). The van der Waals surface area contributed by atoms with Crippen molar-refractivity contribution in [1.29, 1.82) is 0 Å². The number of aryl methyl sites for hydroxylation is 1. The number of Topliss-reactive ketones (excluding diaryl/α,β-unsaturated/α-hetero) is 1. The summed E-state index contributed by atoms with van der Waals surface area (Å²) in [5.41, 5.74) is 3.56. The van der Waals surface area contributed by atoms with Crippen molar-refractivity contribution in [3.05, 3.63) is 54.1 Å². The van der Waals surface area contributed by atoms with Gasteiger partial charge in [-0.2, -0.15) is 0 Å². The Labute approximate surface area is 126 Å². The van der Waals surface area contributed by atoms with Crippen LogP contribution in [0, 0.1) is 0 Å². The maximum atomic E-state index is 11.2. The van der Waals surface area contributed by atoms with Crippen molar-refractivity contribution in [2.24, 2.45) is 0 Å². The van der Waals surface area contributed by atoms with Crippen molar-refractivity contribution in [3.8, 4) is 16.9 Å². The molecular weight excluding hydrogens is 260 g/mol. The van der Waals surface area contributed by atoms with Crippen LogP contribution in [0.25, 0.3) is 11.1 Å². The van der Waals surface area contributed by atoms with E-state index < -0.39 is 0 Å². The topological polar surface area (TPSA) is 37.3 Å². The minimum absolute atomic E-state index is 0.289. The van der Waals surface area contributed by atoms with Crippen molar-refractivity contribution in [2.45, 2.75) is 39.0 Å². The highest BCUT2D eigenvalue weighted by Crippen LogP contribution is 2.22. The Hall–Kier alpha value is -2.09. The van der Waals surface area contributed by atoms with Gasteiger partial charge < -0.3 is 5.11 Å². The Balaban J connectivity index is 1.87. The van der Waals surface area contributed by atoms with E-state index in [9.17, 15) is 9.90 Å². The third-order valence-corrected chi connectivity index (χ3v) is 3.72. The number of hydrogen-bond donors (Lipinski definition) is 1. The van der Waals surface area contributed by atoms with Crippen LogP contribution in [0.3, 0.4) is 0 Å². The fourth-order valence-corrected chi connectivity index (χ4v) is 2.35. The van der Waals surface area contributed by atoms with Crippen LogP contribution in [0.2, 0.25) is 0 Å². The van der Waals surface area contributed by atoms with Crippen molar-refractivity contribution in [3.63, 3.8) is 0 Å².